The third kappa shape index (κ3) is 4.87. The molecule has 0 spiro atoms. The van der Waals surface area contributed by atoms with Crippen LogP contribution in [0.4, 0.5) is 5.82 Å². The number of hydrogen-bond donors (Lipinski definition) is 2. The number of aromatic nitrogens is 4. The molecule has 3 heterocycles. The Bertz CT molecular complexity index is 1540. The molecule has 0 unspecified atom stereocenters. The van der Waals surface area contributed by atoms with Gasteiger partial charge in [0.25, 0.3) is 0 Å². The largest absolute Gasteiger partial charge is 0.383 e. The monoisotopic (exact) mass is 556 g/mol. The van der Waals surface area contributed by atoms with Crippen molar-refractivity contribution >= 4 is 54.2 Å². The first kappa shape index (κ1) is 23.7. The molecule has 1 aromatic carbocycles. The topological polar surface area (TPSA) is 132 Å². The molecule has 3 aromatic heterocycles. The number of carbonyl (C=O) groups is 1. The fourth-order valence-electron chi connectivity index (χ4n) is 4.86. The minimum Gasteiger partial charge on any atom is -0.383 e. The Morgan fingerprint density at radius 3 is 2.69 bits per heavy atom. The van der Waals surface area contributed by atoms with Gasteiger partial charge in [0.2, 0.25) is 15.9 Å². The summed E-state index contributed by atoms with van der Waals surface area (Å²) in [6.07, 6.45) is 8.06. The Morgan fingerprint density at radius 2 is 1.94 bits per heavy atom. The van der Waals surface area contributed by atoms with Crippen LogP contribution in [0, 0.1) is 5.92 Å². The number of nitrogens with two attached hydrogens (primary N) is 1. The molecular formula is C24H25BrN6O3S. The highest BCUT2D eigenvalue weighted by Gasteiger charge is 2.28. The van der Waals surface area contributed by atoms with Crippen molar-refractivity contribution in [3.05, 3.63) is 52.9 Å². The van der Waals surface area contributed by atoms with Crippen molar-refractivity contribution < 1.29 is 13.2 Å². The fraction of sp³-hybridized carbons (Fsp3) is 0.333. The molecular weight excluding hydrogens is 532 g/mol. The van der Waals surface area contributed by atoms with Gasteiger partial charge < -0.3 is 5.73 Å². The summed E-state index contributed by atoms with van der Waals surface area (Å²) in [5.41, 5.74) is 10.7. The van der Waals surface area contributed by atoms with Gasteiger partial charge in [0.15, 0.2) is 5.65 Å². The first-order valence-corrected chi connectivity index (χ1v) is 14.1. The Hall–Kier alpha value is -3.05. The number of rotatable bonds is 5. The van der Waals surface area contributed by atoms with E-state index in [0.717, 1.165) is 64.1 Å². The fourth-order valence-corrected chi connectivity index (χ4v) is 5.93. The number of nitrogens with zero attached hydrogens (tertiary/aromatic N) is 4. The molecule has 0 atom stereocenters. The van der Waals surface area contributed by atoms with Crippen LogP contribution in [-0.2, 0) is 14.8 Å². The summed E-state index contributed by atoms with van der Waals surface area (Å²) in [7, 11) is -3.54. The highest BCUT2D eigenvalue weighted by Crippen LogP contribution is 2.41. The van der Waals surface area contributed by atoms with Crippen LogP contribution in [0.1, 0.15) is 43.7 Å². The van der Waals surface area contributed by atoms with E-state index >= 15 is 0 Å². The van der Waals surface area contributed by atoms with E-state index in [9.17, 15) is 13.2 Å². The maximum atomic E-state index is 12.0. The highest BCUT2D eigenvalue weighted by molar-refractivity contribution is 9.10. The molecule has 4 aromatic rings. The standard InChI is InChI=1S/C24H25BrN6O3S/c1-35(33,34)30-20(32)10-14-6-8-15(9-7-14)22-21(25)23(26)31-24(29-22)18(13-28-31)17-11-16-4-2-3-5-19(16)27-12-17/h2-5,11-15H,6-10,26H2,1H3,(H,30,32)/t14-,15-. The highest BCUT2D eigenvalue weighted by atomic mass is 79.9. The van der Waals surface area contributed by atoms with Crippen molar-refractivity contribution in [2.24, 2.45) is 5.92 Å². The zero-order valence-electron chi connectivity index (χ0n) is 19.1. The average Bonchev–Trinajstić information content (AvgIpc) is 3.24. The molecule has 3 N–H and O–H groups in total. The second-order valence-electron chi connectivity index (χ2n) is 9.13. The zero-order valence-corrected chi connectivity index (χ0v) is 21.5. The Morgan fingerprint density at radius 1 is 1.20 bits per heavy atom. The zero-order chi connectivity index (χ0) is 24.7. The molecule has 1 fully saturated rings. The Labute approximate surface area is 211 Å². The molecule has 0 bridgehead atoms. The molecule has 35 heavy (non-hydrogen) atoms. The molecule has 0 radical (unpaired) electrons. The van der Waals surface area contributed by atoms with Crippen molar-refractivity contribution in [2.45, 2.75) is 38.0 Å². The normalized spacial score (nSPS) is 18.7. The van der Waals surface area contributed by atoms with E-state index in [1.165, 1.54) is 0 Å². The second kappa shape index (κ2) is 9.19. The molecule has 0 aliphatic heterocycles. The van der Waals surface area contributed by atoms with Crippen molar-refractivity contribution in [3.8, 4) is 11.1 Å². The van der Waals surface area contributed by atoms with E-state index in [0.29, 0.717) is 11.5 Å². The number of fused-ring (bicyclic) bond motifs is 2. The Balaban J connectivity index is 1.41. The van der Waals surface area contributed by atoms with E-state index in [4.69, 9.17) is 10.7 Å². The van der Waals surface area contributed by atoms with Gasteiger partial charge in [0, 0.05) is 35.0 Å². The quantitative estimate of drug-likeness (QED) is 0.379. The third-order valence-corrected chi connectivity index (χ3v) is 7.97. The van der Waals surface area contributed by atoms with Gasteiger partial charge in [-0.3, -0.25) is 14.5 Å². The number of halogens is 1. The summed E-state index contributed by atoms with van der Waals surface area (Å²) in [6.45, 7) is 0. The lowest BCUT2D eigenvalue weighted by atomic mass is 9.79. The van der Waals surface area contributed by atoms with Crippen molar-refractivity contribution in [3.63, 3.8) is 0 Å². The molecule has 9 nitrogen and oxygen atoms in total. The molecule has 1 aliphatic rings. The first-order chi connectivity index (χ1) is 16.7. The number of para-hydroxylation sites is 1. The maximum Gasteiger partial charge on any atom is 0.233 e. The molecule has 1 amide bonds. The van der Waals surface area contributed by atoms with Crippen LogP contribution in [0.15, 0.2) is 47.2 Å². The van der Waals surface area contributed by atoms with Crippen molar-refractivity contribution in [2.75, 3.05) is 12.0 Å². The first-order valence-electron chi connectivity index (χ1n) is 11.4. The molecule has 1 saturated carbocycles. The van der Waals surface area contributed by atoms with Crippen molar-refractivity contribution in [1.29, 1.82) is 0 Å². The smallest absolute Gasteiger partial charge is 0.233 e. The SMILES string of the molecule is CS(=O)(=O)NC(=O)C[C@H]1CC[C@H](c2nc3c(-c4cnc5ccccc5c4)cnn3c(N)c2Br)CC1. The van der Waals surface area contributed by atoms with Gasteiger partial charge in [-0.15, -0.1) is 0 Å². The lowest BCUT2D eigenvalue weighted by Crippen LogP contribution is -2.31. The van der Waals surface area contributed by atoms with E-state index in [1.807, 2.05) is 30.5 Å². The van der Waals surface area contributed by atoms with E-state index in [-0.39, 0.29) is 18.3 Å². The summed E-state index contributed by atoms with van der Waals surface area (Å²) in [6, 6.07) is 10.0. The number of pyridine rings is 1. The number of benzene rings is 1. The number of amides is 1. The lowest BCUT2D eigenvalue weighted by Gasteiger charge is -2.28. The number of nitrogen functional groups attached to an aromatic ring is 1. The van der Waals surface area contributed by atoms with Crippen LogP contribution < -0.4 is 10.5 Å². The van der Waals surface area contributed by atoms with Crippen molar-refractivity contribution in [1.82, 2.24) is 24.3 Å². The van der Waals surface area contributed by atoms with Gasteiger partial charge in [0.05, 0.1) is 28.1 Å². The summed E-state index contributed by atoms with van der Waals surface area (Å²) in [5.74, 6) is 0.346. The maximum absolute atomic E-state index is 12.0. The van der Waals surface area contributed by atoms with Crippen LogP contribution in [-0.4, -0.2) is 40.2 Å². The van der Waals surface area contributed by atoms with Crippen LogP contribution in [0.2, 0.25) is 0 Å². The number of nitrogens with one attached hydrogen (secondary N) is 1. The molecule has 11 heteroatoms. The number of sulfonamides is 1. The molecule has 1 aliphatic carbocycles. The third-order valence-electron chi connectivity index (χ3n) is 6.56. The van der Waals surface area contributed by atoms with E-state index in [1.54, 1.807) is 10.7 Å². The predicted octanol–water partition coefficient (Wildman–Crippen LogP) is 4.03. The van der Waals surface area contributed by atoms with E-state index < -0.39 is 15.9 Å². The summed E-state index contributed by atoms with van der Waals surface area (Å²) in [4.78, 5) is 21.6. The minimum atomic E-state index is -3.54. The van der Waals surface area contributed by atoms with Gasteiger partial charge in [-0.05, 0) is 59.7 Å². The summed E-state index contributed by atoms with van der Waals surface area (Å²) in [5, 5.41) is 5.51. The lowest BCUT2D eigenvalue weighted by molar-refractivity contribution is -0.120. The van der Waals surface area contributed by atoms with Crippen LogP contribution in [0.3, 0.4) is 0 Å². The van der Waals surface area contributed by atoms with Crippen LogP contribution in [0.25, 0.3) is 27.7 Å². The number of anilines is 1. The van der Waals surface area contributed by atoms with Crippen LogP contribution >= 0.6 is 15.9 Å². The average molecular weight is 557 g/mol. The van der Waals surface area contributed by atoms with Gasteiger partial charge >= 0.3 is 0 Å². The summed E-state index contributed by atoms with van der Waals surface area (Å²) >= 11 is 3.63. The predicted molar refractivity (Wildman–Crippen MR) is 138 cm³/mol. The van der Waals surface area contributed by atoms with E-state index in [2.05, 4.69) is 36.8 Å². The summed E-state index contributed by atoms with van der Waals surface area (Å²) < 4.78 is 27.0. The molecule has 182 valence electrons. The number of hydrogen-bond acceptors (Lipinski definition) is 7. The number of carbonyl (C=O) groups excluding carboxylic acids is 1. The molecule has 0 saturated heterocycles. The van der Waals surface area contributed by atoms with Crippen LogP contribution in [0.5, 0.6) is 0 Å². The van der Waals surface area contributed by atoms with Gasteiger partial charge in [-0.1, -0.05) is 18.2 Å². The van der Waals surface area contributed by atoms with Gasteiger partial charge in [-0.25, -0.2) is 13.4 Å². The second-order valence-corrected chi connectivity index (χ2v) is 11.7. The molecule has 5 rings (SSSR count). The minimum absolute atomic E-state index is 0.141. The van der Waals surface area contributed by atoms with Gasteiger partial charge in [0.1, 0.15) is 5.82 Å². The Kier molecular flexibility index (Phi) is 6.22. The van der Waals surface area contributed by atoms with Gasteiger partial charge in [-0.2, -0.15) is 9.61 Å².